The molecule has 0 spiro atoms. The van der Waals surface area contributed by atoms with Crippen molar-refractivity contribution in [3.63, 3.8) is 0 Å². The van der Waals surface area contributed by atoms with E-state index in [1.165, 1.54) is 6.07 Å². The Labute approximate surface area is 91.5 Å². The Morgan fingerprint density at radius 2 is 2.25 bits per heavy atom. The molecule has 3 nitrogen and oxygen atoms in total. The van der Waals surface area contributed by atoms with Crippen LogP contribution in [0.25, 0.3) is 11.0 Å². The Hall–Kier alpha value is -1.84. The molecule has 0 saturated carbocycles. The summed E-state index contributed by atoms with van der Waals surface area (Å²) in [4.78, 5) is 10.5. The van der Waals surface area contributed by atoms with Gasteiger partial charge < -0.3 is 9.52 Å². The number of furan rings is 1. The molecule has 0 fully saturated rings. The quantitative estimate of drug-likeness (QED) is 0.868. The number of hydrogen-bond acceptors (Lipinski definition) is 2. The van der Waals surface area contributed by atoms with Gasteiger partial charge in [-0.25, -0.2) is 4.39 Å². The highest BCUT2D eigenvalue weighted by molar-refractivity contribution is 5.83. The summed E-state index contributed by atoms with van der Waals surface area (Å²) in [5, 5.41) is 9.29. The SMILES string of the molecule is Cc1oc2c(F)cccc2c1CCC(=O)O. The van der Waals surface area contributed by atoms with Crippen LogP contribution in [0.15, 0.2) is 22.6 Å². The maximum absolute atomic E-state index is 13.4. The highest BCUT2D eigenvalue weighted by Crippen LogP contribution is 2.28. The van der Waals surface area contributed by atoms with Crippen LogP contribution in [0.2, 0.25) is 0 Å². The summed E-state index contributed by atoms with van der Waals surface area (Å²) < 4.78 is 18.7. The second-order valence-corrected chi connectivity index (χ2v) is 3.65. The summed E-state index contributed by atoms with van der Waals surface area (Å²) in [6, 6.07) is 4.66. The Kier molecular flexibility index (Phi) is 2.64. The number of carboxylic acid groups (broad SMARTS) is 1. The van der Waals surface area contributed by atoms with Crippen molar-refractivity contribution in [2.75, 3.05) is 0 Å². The van der Waals surface area contributed by atoms with Crippen LogP contribution in [0.5, 0.6) is 0 Å². The molecule has 0 aliphatic rings. The maximum Gasteiger partial charge on any atom is 0.303 e. The van der Waals surface area contributed by atoms with Gasteiger partial charge in [0.2, 0.25) is 0 Å². The number of para-hydroxylation sites is 1. The molecule has 0 aliphatic carbocycles. The van der Waals surface area contributed by atoms with Crippen molar-refractivity contribution in [3.8, 4) is 0 Å². The standard InChI is InChI=1S/C12H11FO3/c1-7-8(5-6-11(14)15)9-3-2-4-10(13)12(9)16-7/h2-4H,5-6H2,1H3,(H,14,15). The minimum atomic E-state index is -0.870. The number of carbonyl (C=O) groups is 1. The molecule has 0 atom stereocenters. The molecule has 16 heavy (non-hydrogen) atoms. The molecule has 0 bridgehead atoms. The lowest BCUT2D eigenvalue weighted by molar-refractivity contribution is -0.136. The molecule has 2 rings (SSSR count). The van der Waals surface area contributed by atoms with Crippen molar-refractivity contribution in [1.82, 2.24) is 0 Å². The number of aliphatic carboxylic acids is 1. The summed E-state index contributed by atoms with van der Waals surface area (Å²) in [6.07, 6.45) is 0.379. The van der Waals surface area contributed by atoms with Crippen LogP contribution < -0.4 is 0 Å². The lowest BCUT2D eigenvalue weighted by atomic mass is 10.1. The molecule has 0 radical (unpaired) electrons. The largest absolute Gasteiger partial charge is 0.481 e. The Morgan fingerprint density at radius 1 is 1.50 bits per heavy atom. The molecule has 1 N–H and O–H groups in total. The van der Waals surface area contributed by atoms with Gasteiger partial charge in [0.1, 0.15) is 5.76 Å². The van der Waals surface area contributed by atoms with Crippen LogP contribution >= 0.6 is 0 Å². The van der Waals surface area contributed by atoms with Gasteiger partial charge in [0, 0.05) is 17.4 Å². The van der Waals surface area contributed by atoms with Crippen LogP contribution in [0.3, 0.4) is 0 Å². The molecule has 0 aliphatic heterocycles. The average Bonchev–Trinajstić information content (AvgIpc) is 2.53. The minimum Gasteiger partial charge on any atom is -0.481 e. The maximum atomic E-state index is 13.4. The van der Waals surface area contributed by atoms with E-state index in [-0.39, 0.29) is 12.0 Å². The molecular formula is C12H11FO3. The van der Waals surface area contributed by atoms with Crippen LogP contribution in [-0.4, -0.2) is 11.1 Å². The number of benzene rings is 1. The van der Waals surface area contributed by atoms with E-state index in [0.29, 0.717) is 17.6 Å². The first kappa shape index (κ1) is 10.7. The summed E-state index contributed by atoms with van der Waals surface area (Å²) >= 11 is 0. The third-order valence-corrected chi connectivity index (χ3v) is 2.56. The average molecular weight is 222 g/mol. The second kappa shape index (κ2) is 3.96. The predicted octanol–water partition coefficient (Wildman–Crippen LogP) is 2.90. The third kappa shape index (κ3) is 1.78. The predicted molar refractivity (Wildman–Crippen MR) is 56.9 cm³/mol. The zero-order valence-corrected chi connectivity index (χ0v) is 8.79. The van der Waals surface area contributed by atoms with Gasteiger partial charge in [0.25, 0.3) is 0 Å². The molecule has 1 aromatic heterocycles. The first-order valence-electron chi connectivity index (χ1n) is 4.98. The Bertz CT molecular complexity index is 542. The fourth-order valence-corrected chi connectivity index (χ4v) is 1.80. The van der Waals surface area contributed by atoms with Gasteiger partial charge in [-0.1, -0.05) is 12.1 Å². The van der Waals surface area contributed by atoms with Gasteiger partial charge in [0.05, 0.1) is 0 Å². The van der Waals surface area contributed by atoms with Crippen molar-refractivity contribution in [1.29, 1.82) is 0 Å². The first-order chi connectivity index (χ1) is 7.59. The number of aryl methyl sites for hydroxylation is 2. The van der Waals surface area contributed by atoms with Gasteiger partial charge in [-0.05, 0) is 19.4 Å². The van der Waals surface area contributed by atoms with Crippen molar-refractivity contribution in [2.45, 2.75) is 19.8 Å². The molecular weight excluding hydrogens is 211 g/mol. The summed E-state index contributed by atoms with van der Waals surface area (Å²) in [5.74, 6) is -0.700. The van der Waals surface area contributed by atoms with Gasteiger partial charge in [-0.2, -0.15) is 0 Å². The molecule has 84 valence electrons. The molecule has 4 heteroatoms. The molecule has 1 aromatic carbocycles. The summed E-state index contributed by atoms with van der Waals surface area (Å²) in [6.45, 7) is 1.72. The zero-order chi connectivity index (χ0) is 11.7. The topological polar surface area (TPSA) is 50.4 Å². The van der Waals surface area contributed by atoms with Gasteiger partial charge in [0.15, 0.2) is 11.4 Å². The van der Waals surface area contributed by atoms with Gasteiger partial charge in [-0.15, -0.1) is 0 Å². The van der Waals surface area contributed by atoms with E-state index in [1.54, 1.807) is 19.1 Å². The van der Waals surface area contributed by atoms with Crippen molar-refractivity contribution in [2.24, 2.45) is 0 Å². The number of carboxylic acids is 1. The molecule has 0 unspecified atom stereocenters. The highest BCUT2D eigenvalue weighted by Gasteiger charge is 2.14. The van der Waals surface area contributed by atoms with Crippen LogP contribution in [-0.2, 0) is 11.2 Å². The zero-order valence-electron chi connectivity index (χ0n) is 8.79. The fraction of sp³-hybridized carbons (Fsp3) is 0.250. The normalized spacial score (nSPS) is 10.9. The lowest BCUT2D eigenvalue weighted by Gasteiger charge is -1.96. The number of halogens is 1. The monoisotopic (exact) mass is 222 g/mol. The summed E-state index contributed by atoms with van der Waals surface area (Å²) in [7, 11) is 0. The van der Waals surface area contributed by atoms with E-state index in [1.807, 2.05) is 0 Å². The van der Waals surface area contributed by atoms with E-state index in [4.69, 9.17) is 9.52 Å². The van der Waals surface area contributed by atoms with Gasteiger partial charge >= 0.3 is 5.97 Å². The van der Waals surface area contributed by atoms with Crippen LogP contribution in [0.4, 0.5) is 4.39 Å². The van der Waals surface area contributed by atoms with Crippen molar-refractivity contribution in [3.05, 3.63) is 35.3 Å². The number of rotatable bonds is 3. The molecule has 2 aromatic rings. The third-order valence-electron chi connectivity index (χ3n) is 2.56. The van der Waals surface area contributed by atoms with Crippen LogP contribution in [0, 0.1) is 12.7 Å². The second-order valence-electron chi connectivity index (χ2n) is 3.65. The Morgan fingerprint density at radius 3 is 2.94 bits per heavy atom. The molecule has 1 heterocycles. The smallest absolute Gasteiger partial charge is 0.303 e. The lowest BCUT2D eigenvalue weighted by Crippen LogP contribution is -1.97. The molecule has 0 amide bonds. The van der Waals surface area contributed by atoms with E-state index in [9.17, 15) is 9.18 Å². The summed E-state index contributed by atoms with van der Waals surface area (Å²) in [5.41, 5.74) is 0.984. The fourth-order valence-electron chi connectivity index (χ4n) is 1.80. The Balaban J connectivity index is 2.48. The van der Waals surface area contributed by atoms with E-state index in [2.05, 4.69) is 0 Å². The van der Waals surface area contributed by atoms with E-state index >= 15 is 0 Å². The minimum absolute atomic E-state index is 0.0198. The van der Waals surface area contributed by atoms with Gasteiger partial charge in [-0.3, -0.25) is 4.79 Å². The highest BCUT2D eigenvalue weighted by atomic mass is 19.1. The van der Waals surface area contributed by atoms with E-state index in [0.717, 1.165) is 5.56 Å². The van der Waals surface area contributed by atoms with E-state index < -0.39 is 11.8 Å². The van der Waals surface area contributed by atoms with Crippen LogP contribution in [0.1, 0.15) is 17.7 Å². The first-order valence-corrected chi connectivity index (χ1v) is 4.98. The molecule has 0 saturated heterocycles. The number of hydrogen-bond donors (Lipinski definition) is 1. The van der Waals surface area contributed by atoms with Crippen molar-refractivity contribution < 1.29 is 18.7 Å². The van der Waals surface area contributed by atoms with Crippen molar-refractivity contribution >= 4 is 16.9 Å². The number of fused-ring (bicyclic) bond motifs is 1.